The molecule has 0 radical (unpaired) electrons. The van der Waals surface area contributed by atoms with Gasteiger partial charge in [0.25, 0.3) is 0 Å². The highest BCUT2D eigenvalue weighted by molar-refractivity contribution is 5.04. The number of likely N-dealkylation sites (tertiary alicyclic amines) is 1. The first kappa shape index (κ1) is 7.80. The van der Waals surface area contributed by atoms with E-state index in [1.807, 2.05) is 0 Å². The van der Waals surface area contributed by atoms with Crippen molar-refractivity contribution in [1.82, 2.24) is 4.90 Å². The van der Waals surface area contributed by atoms with Gasteiger partial charge in [0, 0.05) is 5.54 Å². The molecule has 0 aromatic carbocycles. The van der Waals surface area contributed by atoms with Gasteiger partial charge in [-0.3, -0.25) is 4.90 Å². The molecular formula is C9H17N. The van der Waals surface area contributed by atoms with Gasteiger partial charge in [-0.05, 0) is 32.9 Å². The molecule has 0 spiro atoms. The summed E-state index contributed by atoms with van der Waals surface area (Å²) in [6.07, 6.45) is 4.70. The summed E-state index contributed by atoms with van der Waals surface area (Å²) in [4.78, 5) is 2.49. The zero-order valence-electron chi connectivity index (χ0n) is 7.06. The Morgan fingerprint density at radius 3 is 2.80 bits per heavy atom. The summed E-state index contributed by atoms with van der Waals surface area (Å²) in [5.41, 5.74) is 0.300. The molecule has 1 saturated heterocycles. The fourth-order valence-corrected chi connectivity index (χ4v) is 1.79. The van der Waals surface area contributed by atoms with Crippen LogP contribution in [-0.2, 0) is 0 Å². The van der Waals surface area contributed by atoms with Gasteiger partial charge < -0.3 is 0 Å². The summed E-state index contributed by atoms with van der Waals surface area (Å²) in [5, 5.41) is 0. The minimum Gasteiger partial charge on any atom is -0.295 e. The van der Waals surface area contributed by atoms with Crippen molar-refractivity contribution in [2.45, 2.75) is 32.2 Å². The molecule has 0 amide bonds. The Morgan fingerprint density at radius 2 is 2.40 bits per heavy atom. The van der Waals surface area contributed by atoms with E-state index in [1.165, 1.54) is 19.4 Å². The predicted octanol–water partition coefficient (Wildman–Crippen LogP) is 2.05. The van der Waals surface area contributed by atoms with Gasteiger partial charge in [-0.1, -0.05) is 13.0 Å². The summed E-state index contributed by atoms with van der Waals surface area (Å²) in [6.45, 7) is 10.8. The number of likely N-dealkylation sites (N-methyl/N-ethyl adjacent to an activating group) is 1. The Morgan fingerprint density at radius 1 is 1.70 bits per heavy atom. The summed E-state index contributed by atoms with van der Waals surface area (Å²) >= 11 is 0. The second-order valence-corrected chi connectivity index (χ2v) is 3.24. The van der Waals surface area contributed by atoms with Gasteiger partial charge >= 0.3 is 0 Å². The van der Waals surface area contributed by atoms with Crippen molar-refractivity contribution >= 4 is 0 Å². The predicted molar refractivity (Wildman–Crippen MR) is 45.1 cm³/mol. The molecule has 0 bridgehead atoms. The molecule has 1 unspecified atom stereocenters. The maximum atomic E-state index is 3.87. The quantitative estimate of drug-likeness (QED) is 0.529. The molecule has 0 aromatic rings. The van der Waals surface area contributed by atoms with Crippen LogP contribution in [0.4, 0.5) is 0 Å². The lowest BCUT2D eigenvalue weighted by molar-refractivity contribution is 0.214. The van der Waals surface area contributed by atoms with Crippen LogP contribution in [0.2, 0.25) is 0 Å². The molecule has 1 aliphatic rings. The van der Waals surface area contributed by atoms with E-state index < -0.39 is 0 Å². The lowest BCUT2D eigenvalue weighted by Gasteiger charge is -2.30. The van der Waals surface area contributed by atoms with Gasteiger partial charge in [0.1, 0.15) is 0 Å². The zero-order valence-corrected chi connectivity index (χ0v) is 7.06. The Labute approximate surface area is 63.7 Å². The SMILES string of the molecule is C=CC1(C)CCCN1CC. The molecule has 1 rings (SSSR count). The van der Waals surface area contributed by atoms with Crippen LogP contribution in [0.15, 0.2) is 12.7 Å². The highest BCUT2D eigenvalue weighted by atomic mass is 15.2. The Bertz CT molecular complexity index is 131. The van der Waals surface area contributed by atoms with E-state index in [0.29, 0.717) is 5.54 Å². The van der Waals surface area contributed by atoms with Crippen molar-refractivity contribution in [3.63, 3.8) is 0 Å². The van der Waals surface area contributed by atoms with Gasteiger partial charge in [0.05, 0.1) is 0 Å². The van der Waals surface area contributed by atoms with E-state index in [-0.39, 0.29) is 0 Å². The summed E-state index contributed by atoms with van der Waals surface area (Å²) in [6, 6.07) is 0. The molecule has 1 aliphatic heterocycles. The molecule has 1 fully saturated rings. The first-order valence-electron chi connectivity index (χ1n) is 4.11. The van der Waals surface area contributed by atoms with Gasteiger partial charge in [-0.2, -0.15) is 0 Å². The van der Waals surface area contributed by atoms with Crippen LogP contribution in [0, 0.1) is 0 Å². The van der Waals surface area contributed by atoms with E-state index in [4.69, 9.17) is 0 Å². The van der Waals surface area contributed by atoms with Crippen LogP contribution < -0.4 is 0 Å². The summed E-state index contributed by atoms with van der Waals surface area (Å²) in [5.74, 6) is 0. The van der Waals surface area contributed by atoms with Crippen LogP contribution in [-0.4, -0.2) is 23.5 Å². The van der Waals surface area contributed by atoms with E-state index in [1.54, 1.807) is 0 Å². The van der Waals surface area contributed by atoms with Crippen LogP contribution in [0.5, 0.6) is 0 Å². The molecule has 0 aliphatic carbocycles. The Kier molecular flexibility index (Phi) is 2.14. The lowest BCUT2D eigenvalue weighted by atomic mass is 10.00. The van der Waals surface area contributed by atoms with Crippen molar-refractivity contribution in [3.05, 3.63) is 12.7 Å². The van der Waals surface area contributed by atoms with Gasteiger partial charge in [-0.15, -0.1) is 6.58 Å². The molecule has 10 heavy (non-hydrogen) atoms. The molecule has 1 nitrogen and oxygen atoms in total. The molecule has 1 heteroatoms. The minimum atomic E-state index is 0.300. The van der Waals surface area contributed by atoms with E-state index in [2.05, 4.69) is 31.4 Å². The minimum absolute atomic E-state index is 0.300. The fraction of sp³-hybridized carbons (Fsp3) is 0.778. The maximum Gasteiger partial charge on any atom is 0.0360 e. The number of hydrogen-bond donors (Lipinski definition) is 0. The number of rotatable bonds is 2. The third kappa shape index (κ3) is 1.10. The number of nitrogens with zero attached hydrogens (tertiary/aromatic N) is 1. The number of hydrogen-bond acceptors (Lipinski definition) is 1. The third-order valence-corrected chi connectivity index (χ3v) is 2.65. The van der Waals surface area contributed by atoms with Crippen LogP contribution >= 0.6 is 0 Å². The lowest BCUT2D eigenvalue weighted by Crippen LogP contribution is -2.38. The Hall–Kier alpha value is -0.300. The maximum absolute atomic E-state index is 3.87. The summed E-state index contributed by atoms with van der Waals surface area (Å²) in [7, 11) is 0. The molecule has 1 atom stereocenters. The molecule has 0 saturated carbocycles. The molecule has 58 valence electrons. The van der Waals surface area contributed by atoms with E-state index in [9.17, 15) is 0 Å². The highest BCUT2D eigenvalue weighted by Gasteiger charge is 2.31. The van der Waals surface area contributed by atoms with Crippen molar-refractivity contribution in [2.24, 2.45) is 0 Å². The smallest absolute Gasteiger partial charge is 0.0360 e. The average Bonchev–Trinajstić information content (AvgIpc) is 2.32. The first-order chi connectivity index (χ1) is 4.73. The first-order valence-corrected chi connectivity index (χ1v) is 4.11. The topological polar surface area (TPSA) is 3.24 Å². The zero-order chi connectivity index (χ0) is 7.61. The van der Waals surface area contributed by atoms with Crippen molar-refractivity contribution in [1.29, 1.82) is 0 Å². The third-order valence-electron chi connectivity index (χ3n) is 2.65. The fourth-order valence-electron chi connectivity index (χ4n) is 1.79. The van der Waals surface area contributed by atoms with Crippen molar-refractivity contribution < 1.29 is 0 Å². The van der Waals surface area contributed by atoms with Gasteiger partial charge in [0.2, 0.25) is 0 Å². The molecule has 0 aromatic heterocycles. The van der Waals surface area contributed by atoms with Crippen LogP contribution in [0.1, 0.15) is 26.7 Å². The van der Waals surface area contributed by atoms with Gasteiger partial charge in [-0.25, -0.2) is 0 Å². The van der Waals surface area contributed by atoms with Crippen molar-refractivity contribution in [2.75, 3.05) is 13.1 Å². The van der Waals surface area contributed by atoms with Crippen LogP contribution in [0.25, 0.3) is 0 Å². The largest absolute Gasteiger partial charge is 0.295 e. The standard InChI is InChI=1S/C9H17N/c1-4-9(3)7-6-8-10(9)5-2/h4H,1,5-8H2,2-3H3. The van der Waals surface area contributed by atoms with Crippen LogP contribution in [0.3, 0.4) is 0 Å². The molecule has 0 N–H and O–H groups in total. The monoisotopic (exact) mass is 139 g/mol. The van der Waals surface area contributed by atoms with Gasteiger partial charge in [0.15, 0.2) is 0 Å². The normalized spacial score (nSPS) is 34.6. The summed E-state index contributed by atoms with van der Waals surface area (Å²) < 4.78 is 0. The average molecular weight is 139 g/mol. The second-order valence-electron chi connectivity index (χ2n) is 3.24. The molecule has 1 heterocycles. The molecular weight excluding hydrogens is 122 g/mol. The Balaban J connectivity index is 2.65. The van der Waals surface area contributed by atoms with E-state index >= 15 is 0 Å². The van der Waals surface area contributed by atoms with E-state index in [0.717, 1.165) is 6.54 Å². The highest BCUT2D eigenvalue weighted by Crippen LogP contribution is 2.28. The second kappa shape index (κ2) is 2.75. The van der Waals surface area contributed by atoms with Crippen molar-refractivity contribution in [3.8, 4) is 0 Å².